The van der Waals surface area contributed by atoms with Crippen LogP contribution in [0.3, 0.4) is 0 Å². The molecule has 84 valence electrons. The molecule has 0 aliphatic carbocycles. The van der Waals surface area contributed by atoms with Crippen molar-refractivity contribution in [2.24, 2.45) is 5.92 Å². The van der Waals surface area contributed by atoms with Crippen LogP contribution >= 0.6 is 0 Å². The van der Waals surface area contributed by atoms with Crippen molar-refractivity contribution < 1.29 is 5.11 Å². The van der Waals surface area contributed by atoms with Crippen molar-refractivity contribution in [3.63, 3.8) is 0 Å². The molecule has 3 N–H and O–H groups in total. The molecule has 0 amide bonds. The van der Waals surface area contributed by atoms with E-state index in [4.69, 9.17) is 0 Å². The second-order valence-electron chi connectivity index (χ2n) is 4.53. The van der Waals surface area contributed by atoms with Crippen molar-refractivity contribution in [2.45, 2.75) is 12.8 Å². The molecule has 1 aromatic heterocycles. The molecule has 1 aliphatic rings. The number of phenolic OH excluding ortho intramolecular Hbond substituents is 1. The fourth-order valence-corrected chi connectivity index (χ4v) is 2.12. The molecule has 2 aromatic rings. The average Bonchev–Trinajstić information content (AvgIpc) is 2.57. The summed E-state index contributed by atoms with van der Waals surface area (Å²) in [7, 11) is 0. The number of aromatic hydroxyl groups is 1. The SMILES string of the molecule is CC(c1nc2ccc(O)cc2[nH]1)C1CNC1. The molecule has 0 bridgehead atoms. The van der Waals surface area contributed by atoms with E-state index in [1.54, 1.807) is 12.1 Å². The van der Waals surface area contributed by atoms with Crippen LogP contribution < -0.4 is 5.32 Å². The van der Waals surface area contributed by atoms with Gasteiger partial charge in [0.2, 0.25) is 0 Å². The highest BCUT2D eigenvalue weighted by molar-refractivity contribution is 5.76. The van der Waals surface area contributed by atoms with E-state index < -0.39 is 0 Å². The normalized spacial score (nSPS) is 18.6. The Kier molecular flexibility index (Phi) is 2.11. The zero-order valence-electron chi connectivity index (χ0n) is 9.20. The van der Waals surface area contributed by atoms with Gasteiger partial charge in [-0.25, -0.2) is 4.98 Å². The summed E-state index contributed by atoms with van der Waals surface area (Å²) in [5.41, 5.74) is 1.83. The van der Waals surface area contributed by atoms with Crippen LogP contribution in [0.15, 0.2) is 18.2 Å². The van der Waals surface area contributed by atoms with Gasteiger partial charge >= 0.3 is 0 Å². The number of H-pyrrole nitrogens is 1. The second-order valence-corrected chi connectivity index (χ2v) is 4.53. The lowest BCUT2D eigenvalue weighted by Crippen LogP contribution is -2.44. The van der Waals surface area contributed by atoms with Gasteiger partial charge in [0.15, 0.2) is 0 Å². The van der Waals surface area contributed by atoms with Crippen LogP contribution in [0.2, 0.25) is 0 Å². The minimum atomic E-state index is 0.278. The first-order chi connectivity index (χ1) is 7.74. The highest BCUT2D eigenvalue weighted by atomic mass is 16.3. The van der Waals surface area contributed by atoms with Crippen LogP contribution in [0.5, 0.6) is 5.75 Å². The number of nitrogens with one attached hydrogen (secondary N) is 2. The van der Waals surface area contributed by atoms with E-state index in [1.807, 2.05) is 6.07 Å². The van der Waals surface area contributed by atoms with E-state index in [0.29, 0.717) is 11.8 Å². The van der Waals surface area contributed by atoms with Crippen molar-refractivity contribution in [1.29, 1.82) is 0 Å². The van der Waals surface area contributed by atoms with Crippen molar-refractivity contribution in [1.82, 2.24) is 15.3 Å². The molecule has 1 aromatic carbocycles. The number of hydrogen-bond donors (Lipinski definition) is 3. The van der Waals surface area contributed by atoms with E-state index >= 15 is 0 Å². The van der Waals surface area contributed by atoms with Crippen molar-refractivity contribution >= 4 is 11.0 Å². The van der Waals surface area contributed by atoms with Gasteiger partial charge in [-0.2, -0.15) is 0 Å². The van der Waals surface area contributed by atoms with Crippen molar-refractivity contribution in [3.8, 4) is 5.75 Å². The van der Waals surface area contributed by atoms with Gasteiger partial charge in [-0.3, -0.25) is 0 Å². The molecular weight excluding hydrogens is 202 g/mol. The fraction of sp³-hybridized carbons (Fsp3) is 0.417. The predicted molar refractivity (Wildman–Crippen MR) is 62.5 cm³/mol. The van der Waals surface area contributed by atoms with Crippen molar-refractivity contribution in [2.75, 3.05) is 13.1 Å². The topological polar surface area (TPSA) is 60.9 Å². The van der Waals surface area contributed by atoms with E-state index in [1.165, 1.54) is 0 Å². The standard InChI is InChI=1S/C12H15N3O/c1-7(8-5-13-6-8)12-14-10-3-2-9(16)4-11(10)15-12/h2-4,7-8,13,16H,5-6H2,1H3,(H,14,15). The maximum atomic E-state index is 9.39. The molecule has 0 saturated carbocycles. The summed E-state index contributed by atoms with van der Waals surface area (Å²) in [6.45, 7) is 4.34. The molecule has 1 aliphatic heterocycles. The summed E-state index contributed by atoms with van der Waals surface area (Å²) in [5.74, 6) is 2.41. The summed E-state index contributed by atoms with van der Waals surface area (Å²) in [4.78, 5) is 7.85. The Morgan fingerprint density at radius 1 is 1.44 bits per heavy atom. The molecule has 0 radical (unpaired) electrons. The molecule has 1 atom stereocenters. The molecule has 2 heterocycles. The van der Waals surface area contributed by atoms with Gasteiger partial charge in [-0.1, -0.05) is 6.92 Å². The maximum Gasteiger partial charge on any atom is 0.117 e. The summed E-state index contributed by atoms with van der Waals surface area (Å²) in [5, 5.41) is 12.7. The number of benzene rings is 1. The third-order valence-corrected chi connectivity index (χ3v) is 3.44. The average molecular weight is 217 g/mol. The van der Waals surface area contributed by atoms with Crippen LogP contribution in [-0.4, -0.2) is 28.2 Å². The lowest BCUT2D eigenvalue weighted by atomic mass is 9.88. The number of phenols is 1. The van der Waals surface area contributed by atoms with Gasteiger partial charge in [0.1, 0.15) is 11.6 Å². The van der Waals surface area contributed by atoms with Crippen LogP contribution in [0.4, 0.5) is 0 Å². The molecule has 1 saturated heterocycles. The van der Waals surface area contributed by atoms with E-state index in [-0.39, 0.29) is 5.75 Å². The lowest BCUT2D eigenvalue weighted by molar-refractivity contribution is 0.297. The van der Waals surface area contributed by atoms with Gasteiger partial charge in [0.05, 0.1) is 11.0 Å². The Morgan fingerprint density at radius 2 is 2.25 bits per heavy atom. The minimum Gasteiger partial charge on any atom is -0.508 e. The highest BCUT2D eigenvalue weighted by Gasteiger charge is 2.26. The molecule has 1 fully saturated rings. The zero-order valence-corrected chi connectivity index (χ0v) is 9.20. The summed E-state index contributed by atoms with van der Waals surface area (Å²) >= 11 is 0. The number of hydrogen-bond acceptors (Lipinski definition) is 3. The zero-order chi connectivity index (χ0) is 11.1. The Hall–Kier alpha value is -1.55. The van der Waals surface area contributed by atoms with Crippen LogP contribution in [0.1, 0.15) is 18.7 Å². The first-order valence-electron chi connectivity index (χ1n) is 5.63. The monoisotopic (exact) mass is 217 g/mol. The van der Waals surface area contributed by atoms with Gasteiger partial charge in [-0.15, -0.1) is 0 Å². The molecule has 0 spiro atoms. The third kappa shape index (κ3) is 1.46. The number of nitrogens with zero attached hydrogens (tertiary/aromatic N) is 1. The van der Waals surface area contributed by atoms with E-state index in [9.17, 15) is 5.11 Å². The largest absolute Gasteiger partial charge is 0.508 e. The van der Waals surface area contributed by atoms with Gasteiger partial charge in [-0.05, 0) is 31.1 Å². The summed E-state index contributed by atoms with van der Waals surface area (Å²) < 4.78 is 0. The van der Waals surface area contributed by atoms with E-state index in [2.05, 4.69) is 22.2 Å². The Labute approximate surface area is 93.7 Å². The molecule has 4 heteroatoms. The van der Waals surface area contributed by atoms with E-state index in [0.717, 1.165) is 29.9 Å². The fourth-order valence-electron chi connectivity index (χ4n) is 2.12. The van der Waals surface area contributed by atoms with Crippen LogP contribution in [0.25, 0.3) is 11.0 Å². The Morgan fingerprint density at radius 3 is 2.94 bits per heavy atom. The smallest absolute Gasteiger partial charge is 0.117 e. The highest BCUT2D eigenvalue weighted by Crippen LogP contribution is 2.27. The number of rotatable bonds is 2. The third-order valence-electron chi connectivity index (χ3n) is 3.44. The first kappa shape index (κ1) is 9.66. The van der Waals surface area contributed by atoms with Crippen molar-refractivity contribution in [3.05, 3.63) is 24.0 Å². The number of imidazole rings is 1. The maximum absolute atomic E-state index is 9.39. The minimum absolute atomic E-state index is 0.278. The molecule has 4 nitrogen and oxygen atoms in total. The van der Waals surface area contributed by atoms with Gasteiger partial charge in [0, 0.05) is 12.0 Å². The predicted octanol–water partition coefficient (Wildman–Crippen LogP) is 1.59. The Balaban J connectivity index is 1.97. The number of aromatic amines is 1. The molecule has 1 unspecified atom stereocenters. The molecular formula is C12H15N3O. The molecule has 3 rings (SSSR count). The second kappa shape index (κ2) is 3.49. The lowest BCUT2D eigenvalue weighted by Gasteiger charge is -2.31. The van der Waals surface area contributed by atoms with Gasteiger partial charge < -0.3 is 15.4 Å². The first-order valence-corrected chi connectivity index (χ1v) is 5.63. The molecule has 16 heavy (non-hydrogen) atoms. The van der Waals surface area contributed by atoms with Crippen LogP contribution in [-0.2, 0) is 0 Å². The quantitative estimate of drug-likeness (QED) is 0.716. The van der Waals surface area contributed by atoms with Crippen LogP contribution in [0, 0.1) is 5.92 Å². The van der Waals surface area contributed by atoms with Gasteiger partial charge in [0.25, 0.3) is 0 Å². The summed E-state index contributed by atoms with van der Waals surface area (Å²) in [6.07, 6.45) is 0. The number of fused-ring (bicyclic) bond motifs is 1. The number of aromatic nitrogens is 2. The Bertz CT molecular complexity index is 516. The summed E-state index contributed by atoms with van der Waals surface area (Å²) in [6, 6.07) is 5.23.